The quantitative estimate of drug-likeness (QED) is 0.879. The van der Waals surface area contributed by atoms with Crippen molar-refractivity contribution >= 4 is 15.9 Å². The molecule has 0 amide bonds. The van der Waals surface area contributed by atoms with Crippen molar-refractivity contribution in [2.75, 3.05) is 0 Å². The summed E-state index contributed by atoms with van der Waals surface area (Å²) in [4.78, 5) is 4.13. The van der Waals surface area contributed by atoms with E-state index in [2.05, 4.69) is 20.9 Å². The number of aromatic nitrogens is 1. The zero-order valence-electron chi connectivity index (χ0n) is 9.71. The fourth-order valence-corrected chi connectivity index (χ4v) is 2.59. The molecule has 0 aliphatic carbocycles. The largest absolute Gasteiger partial charge is 0.485 e. The standard InChI is InChI=1S/C14H13BrN2O/c15-10-3-4-11-12(16)7-13(18-14(11)6-10)9-2-1-5-17-8-9/h1-6,8,12-13H,7,16H2/t12-,13?/m1/s1. The molecule has 3 nitrogen and oxygen atoms in total. The van der Waals surface area contributed by atoms with Crippen molar-refractivity contribution in [2.45, 2.75) is 18.6 Å². The first kappa shape index (κ1) is 11.7. The highest BCUT2D eigenvalue weighted by Gasteiger charge is 2.27. The SMILES string of the molecule is N[C@@H]1CC(c2cccnc2)Oc2cc(Br)ccc21. The van der Waals surface area contributed by atoms with Gasteiger partial charge in [0.2, 0.25) is 0 Å². The van der Waals surface area contributed by atoms with Gasteiger partial charge in [-0.3, -0.25) is 4.98 Å². The molecular weight excluding hydrogens is 292 g/mol. The van der Waals surface area contributed by atoms with Crippen LogP contribution >= 0.6 is 15.9 Å². The van der Waals surface area contributed by atoms with Gasteiger partial charge in [0.15, 0.2) is 0 Å². The van der Waals surface area contributed by atoms with Crippen LogP contribution in [0.3, 0.4) is 0 Å². The summed E-state index contributed by atoms with van der Waals surface area (Å²) in [5, 5.41) is 0. The molecule has 1 aromatic carbocycles. The lowest BCUT2D eigenvalue weighted by atomic mass is 9.94. The Labute approximate surface area is 114 Å². The Morgan fingerprint density at radius 1 is 1.33 bits per heavy atom. The Hall–Kier alpha value is -1.39. The lowest BCUT2D eigenvalue weighted by Gasteiger charge is -2.30. The second-order valence-electron chi connectivity index (χ2n) is 4.42. The number of nitrogens with two attached hydrogens (primary N) is 1. The summed E-state index contributed by atoms with van der Waals surface area (Å²) >= 11 is 3.45. The van der Waals surface area contributed by atoms with E-state index in [1.54, 1.807) is 6.20 Å². The third-order valence-electron chi connectivity index (χ3n) is 3.17. The van der Waals surface area contributed by atoms with E-state index in [1.807, 2.05) is 36.5 Å². The molecule has 1 aliphatic heterocycles. The van der Waals surface area contributed by atoms with Crippen LogP contribution in [0.2, 0.25) is 0 Å². The summed E-state index contributed by atoms with van der Waals surface area (Å²) in [6, 6.07) is 9.92. The number of pyridine rings is 1. The zero-order chi connectivity index (χ0) is 12.5. The number of halogens is 1. The van der Waals surface area contributed by atoms with Crippen LogP contribution in [0.25, 0.3) is 0 Å². The van der Waals surface area contributed by atoms with Gasteiger partial charge in [-0.15, -0.1) is 0 Å². The lowest BCUT2D eigenvalue weighted by molar-refractivity contribution is 0.161. The Morgan fingerprint density at radius 2 is 2.22 bits per heavy atom. The Balaban J connectivity index is 1.96. The molecular formula is C14H13BrN2O. The topological polar surface area (TPSA) is 48.1 Å². The number of benzene rings is 1. The molecule has 1 aromatic heterocycles. The third-order valence-corrected chi connectivity index (χ3v) is 3.66. The molecule has 2 aromatic rings. The second kappa shape index (κ2) is 4.71. The number of fused-ring (bicyclic) bond motifs is 1. The van der Waals surface area contributed by atoms with E-state index in [0.717, 1.165) is 27.8 Å². The Morgan fingerprint density at radius 3 is 3.00 bits per heavy atom. The molecule has 0 saturated carbocycles. The van der Waals surface area contributed by atoms with Crippen LogP contribution in [0.4, 0.5) is 0 Å². The average molecular weight is 305 g/mol. The van der Waals surface area contributed by atoms with E-state index < -0.39 is 0 Å². The predicted molar refractivity (Wildman–Crippen MR) is 73.3 cm³/mol. The van der Waals surface area contributed by atoms with E-state index in [1.165, 1.54) is 0 Å². The van der Waals surface area contributed by atoms with E-state index in [4.69, 9.17) is 10.5 Å². The van der Waals surface area contributed by atoms with Crippen molar-refractivity contribution in [3.63, 3.8) is 0 Å². The van der Waals surface area contributed by atoms with Crippen LogP contribution in [0.1, 0.15) is 29.7 Å². The predicted octanol–water partition coefficient (Wildman–Crippen LogP) is 3.37. The maximum absolute atomic E-state index is 6.21. The Bertz CT molecular complexity index is 559. The van der Waals surface area contributed by atoms with Crippen molar-refractivity contribution in [2.24, 2.45) is 5.73 Å². The summed E-state index contributed by atoms with van der Waals surface area (Å²) in [5.41, 5.74) is 8.34. The minimum atomic E-state index is -0.0181. The molecule has 3 rings (SSSR count). The van der Waals surface area contributed by atoms with Crippen molar-refractivity contribution in [3.8, 4) is 5.75 Å². The van der Waals surface area contributed by atoms with Gasteiger partial charge >= 0.3 is 0 Å². The van der Waals surface area contributed by atoms with Crippen LogP contribution in [0, 0.1) is 0 Å². The highest BCUT2D eigenvalue weighted by Crippen LogP contribution is 2.40. The molecule has 2 N–H and O–H groups in total. The minimum absolute atomic E-state index is 0.00653. The number of nitrogens with zero attached hydrogens (tertiary/aromatic N) is 1. The van der Waals surface area contributed by atoms with Gasteiger partial charge in [-0.1, -0.05) is 28.1 Å². The number of rotatable bonds is 1. The summed E-state index contributed by atoms with van der Waals surface area (Å²) < 4.78 is 7.02. The molecule has 18 heavy (non-hydrogen) atoms. The van der Waals surface area contributed by atoms with Gasteiger partial charge in [-0.05, 0) is 18.2 Å². The molecule has 0 fully saturated rings. The van der Waals surface area contributed by atoms with Gasteiger partial charge in [0.05, 0.1) is 0 Å². The molecule has 1 aliphatic rings. The molecule has 0 radical (unpaired) electrons. The van der Waals surface area contributed by atoms with Crippen molar-refractivity contribution in [1.82, 2.24) is 4.98 Å². The third kappa shape index (κ3) is 2.13. The van der Waals surface area contributed by atoms with Crippen LogP contribution in [-0.4, -0.2) is 4.98 Å². The monoisotopic (exact) mass is 304 g/mol. The summed E-state index contributed by atoms with van der Waals surface area (Å²) in [5.74, 6) is 0.858. The normalized spacial score (nSPS) is 22.1. The minimum Gasteiger partial charge on any atom is -0.485 e. The van der Waals surface area contributed by atoms with Crippen LogP contribution in [-0.2, 0) is 0 Å². The fraction of sp³-hybridized carbons (Fsp3) is 0.214. The number of hydrogen-bond donors (Lipinski definition) is 1. The molecule has 0 saturated heterocycles. The highest BCUT2D eigenvalue weighted by atomic mass is 79.9. The van der Waals surface area contributed by atoms with Gasteiger partial charge in [-0.25, -0.2) is 0 Å². The first-order valence-corrected chi connectivity index (χ1v) is 6.65. The van der Waals surface area contributed by atoms with Crippen LogP contribution in [0.15, 0.2) is 47.2 Å². The number of ether oxygens (including phenoxy) is 1. The maximum atomic E-state index is 6.21. The zero-order valence-corrected chi connectivity index (χ0v) is 11.3. The van der Waals surface area contributed by atoms with Gasteiger partial charge in [0.1, 0.15) is 11.9 Å². The van der Waals surface area contributed by atoms with Gasteiger partial charge in [-0.2, -0.15) is 0 Å². The fourth-order valence-electron chi connectivity index (χ4n) is 2.25. The summed E-state index contributed by atoms with van der Waals surface area (Å²) in [6.07, 6.45) is 4.35. The smallest absolute Gasteiger partial charge is 0.127 e. The van der Waals surface area contributed by atoms with Crippen LogP contribution in [0.5, 0.6) is 5.75 Å². The van der Waals surface area contributed by atoms with Gasteiger partial charge < -0.3 is 10.5 Å². The van der Waals surface area contributed by atoms with Crippen molar-refractivity contribution in [1.29, 1.82) is 0 Å². The molecule has 2 heterocycles. The second-order valence-corrected chi connectivity index (χ2v) is 5.33. The number of hydrogen-bond acceptors (Lipinski definition) is 3. The Kier molecular flexibility index (Phi) is 3.06. The average Bonchev–Trinajstić information content (AvgIpc) is 2.39. The van der Waals surface area contributed by atoms with Crippen LogP contribution < -0.4 is 10.5 Å². The molecule has 0 spiro atoms. The molecule has 0 bridgehead atoms. The summed E-state index contributed by atoms with van der Waals surface area (Å²) in [7, 11) is 0. The van der Waals surface area contributed by atoms with E-state index >= 15 is 0 Å². The first-order valence-electron chi connectivity index (χ1n) is 5.85. The van der Waals surface area contributed by atoms with E-state index in [9.17, 15) is 0 Å². The summed E-state index contributed by atoms with van der Waals surface area (Å²) in [6.45, 7) is 0. The van der Waals surface area contributed by atoms with Crippen molar-refractivity contribution < 1.29 is 4.74 Å². The van der Waals surface area contributed by atoms with Gasteiger partial charge in [0.25, 0.3) is 0 Å². The molecule has 1 unspecified atom stereocenters. The molecule has 2 atom stereocenters. The van der Waals surface area contributed by atoms with Gasteiger partial charge in [0, 0.05) is 40.5 Å². The van der Waals surface area contributed by atoms with E-state index in [0.29, 0.717) is 0 Å². The maximum Gasteiger partial charge on any atom is 0.127 e. The lowest BCUT2D eigenvalue weighted by Crippen LogP contribution is -2.24. The van der Waals surface area contributed by atoms with Crippen molar-refractivity contribution in [3.05, 3.63) is 58.3 Å². The molecule has 4 heteroatoms. The van der Waals surface area contributed by atoms with E-state index in [-0.39, 0.29) is 12.1 Å². The highest BCUT2D eigenvalue weighted by molar-refractivity contribution is 9.10. The molecule has 92 valence electrons. The first-order chi connectivity index (χ1) is 8.74.